The van der Waals surface area contributed by atoms with Crippen molar-refractivity contribution in [3.63, 3.8) is 0 Å². The zero-order chi connectivity index (χ0) is 24.0. The Labute approximate surface area is 193 Å². The maximum atomic E-state index is 13.8. The highest BCUT2D eigenvalue weighted by molar-refractivity contribution is 6.38. The van der Waals surface area contributed by atoms with Gasteiger partial charge in [-0.3, -0.25) is 4.79 Å². The Balaban J connectivity index is 1.79. The minimum atomic E-state index is -2.89. The molecule has 1 aromatic carbocycles. The first-order valence-electron chi connectivity index (χ1n) is 11.4. The van der Waals surface area contributed by atoms with Gasteiger partial charge in [-0.1, -0.05) is 13.0 Å². The van der Waals surface area contributed by atoms with E-state index < -0.39 is 5.92 Å². The van der Waals surface area contributed by atoms with Crippen LogP contribution < -0.4 is 15.5 Å². The van der Waals surface area contributed by atoms with E-state index in [0.717, 1.165) is 44.1 Å². The smallest absolute Gasteiger partial charge is 0.270 e. The molecular formula is C24H32F2N6O. The van der Waals surface area contributed by atoms with E-state index in [1.807, 2.05) is 11.8 Å². The minimum absolute atomic E-state index is 0.00166. The van der Waals surface area contributed by atoms with Crippen molar-refractivity contribution in [2.45, 2.75) is 52.9 Å². The third-order valence-electron chi connectivity index (χ3n) is 5.65. The lowest BCUT2D eigenvalue weighted by Gasteiger charge is -2.21. The Morgan fingerprint density at radius 2 is 2.00 bits per heavy atom. The Kier molecular flexibility index (Phi) is 8.07. The first-order valence-corrected chi connectivity index (χ1v) is 11.4. The summed E-state index contributed by atoms with van der Waals surface area (Å²) >= 11 is 0. The fourth-order valence-electron chi connectivity index (χ4n) is 3.78. The van der Waals surface area contributed by atoms with E-state index >= 15 is 0 Å². The van der Waals surface area contributed by atoms with Crippen LogP contribution in [-0.2, 0) is 17.1 Å². The molecule has 0 aliphatic carbocycles. The van der Waals surface area contributed by atoms with Gasteiger partial charge in [0.2, 0.25) is 0 Å². The average molecular weight is 459 g/mol. The molecule has 1 aromatic heterocycles. The van der Waals surface area contributed by atoms with Crippen LogP contribution in [0.15, 0.2) is 29.5 Å². The summed E-state index contributed by atoms with van der Waals surface area (Å²) in [4.78, 5) is 27.7. The molecule has 0 spiro atoms. The van der Waals surface area contributed by atoms with Crippen molar-refractivity contribution < 1.29 is 13.6 Å². The van der Waals surface area contributed by atoms with Crippen molar-refractivity contribution in [3.05, 3.63) is 41.3 Å². The molecule has 1 amide bonds. The second kappa shape index (κ2) is 10.8. The molecule has 3 rings (SSSR count). The molecule has 33 heavy (non-hydrogen) atoms. The summed E-state index contributed by atoms with van der Waals surface area (Å²) in [5.41, 5.74) is 3.13. The van der Waals surface area contributed by atoms with Crippen LogP contribution in [0.25, 0.3) is 0 Å². The largest absolute Gasteiger partial charge is 0.351 e. The van der Waals surface area contributed by atoms with E-state index in [4.69, 9.17) is 0 Å². The highest BCUT2D eigenvalue weighted by atomic mass is 19.3. The Morgan fingerprint density at radius 1 is 1.24 bits per heavy atom. The summed E-state index contributed by atoms with van der Waals surface area (Å²) in [6, 6.07) is 4.71. The number of hydrogen-bond donors (Lipinski definition) is 2. The van der Waals surface area contributed by atoms with Gasteiger partial charge in [0.15, 0.2) is 5.82 Å². The zero-order valence-corrected chi connectivity index (χ0v) is 19.7. The molecule has 2 heterocycles. The Hall–Kier alpha value is -2.94. The normalized spacial score (nSPS) is 13.9. The van der Waals surface area contributed by atoms with Crippen molar-refractivity contribution >= 4 is 28.8 Å². The SMILES string of the molecule is CCNCCCCNC(=O)/C(C)=N/c1c(C)ncnc1N1CCc2cc(C(C)(F)F)ccc21. The van der Waals surface area contributed by atoms with Crippen molar-refractivity contribution in [3.8, 4) is 0 Å². The van der Waals surface area contributed by atoms with Crippen LogP contribution in [0, 0.1) is 6.92 Å². The third kappa shape index (κ3) is 6.10. The van der Waals surface area contributed by atoms with E-state index in [9.17, 15) is 13.6 Å². The summed E-state index contributed by atoms with van der Waals surface area (Å²) in [6.07, 6.45) is 3.95. The fourth-order valence-corrected chi connectivity index (χ4v) is 3.78. The molecule has 0 bridgehead atoms. The molecule has 2 N–H and O–H groups in total. The fraction of sp³-hybridized carbons (Fsp3) is 0.500. The predicted octanol–water partition coefficient (Wildman–Crippen LogP) is 4.19. The van der Waals surface area contributed by atoms with Gasteiger partial charge in [-0.2, -0.15) is 0 Å². The summed E-state index contributed by atoms with van der Waals surface area (Å²) in [6.45, 7) is 9.48. The number of unbranched alkanes of at least 4 members (excludes halogenated alkanes) is 1. The third-order valence-corrected chi connectivity index (χ3v) is 5.65. The molecule has 178 valence electrons. The molecule has 0 unspecified atom stereocenters. The number of aliphatic imine (C=N–C) groups is 1. The minimum Gasteiger partial charge on any atom is -0.351 e. The van der Waals surface area contributed by atoms with Gasteiger partial charge in [-0.25, -0.2) is 23.7 Å². The van der Waals surface area contributed by atoms with E-state index in [1.165, 1.54) is 12.4 Å². The van der Waals surface area contributed by atoms with Crippen LogP contribution in [0.2, 0.25) is 0 Å². The van der Waals surface area contributed by atoms with Crippen LogP contribution in [0.3, 0.4) is 0 Å². The van der Waals surface area contributed by atoms with E-state index in [-0.39, 0.29) is 11.5 Å². The quantitative estimate of drug-likeness (QED) is 0.412. The van der Waals surface area contributed by atoms with Crippen LogP contribution >= 0.6 is 0 Å². The number of nitrogens with zero attached hydrogens (tertiary/aromatic N) is 4. The molecular weight excluding hydrogens is 426 g/mol. The number of aromatic nitrogens is 2. The molecule has 2 aromatic rings. The maximum Gasteiger partial charge on any atom is 0.270 e. The van der Waals surface area contributed by atoms with Crippen LogP contribution in [0.5, 0.6) is 0 Å². The molecule has 9 heteroatoms. The topological polar surface area (TPSA) is 82.5 Å². The number of carbonyl (C=O) groups excluding carboxylic acids is 1. The van der Waals surface area contributed by atoms with Gasteiger partial charge in [0, 0.05) is 31.3 Å². The molecule has 0 fully saturated rings. The van der Waals surface area contributed by atoms with Crippen LogP contribution in [0.4, 0.5) is 26.0 Å². The number of amides is 1. The second-order valence-electron chi connectivity index (χ2n) is 8.28. The van der Waals surface area contributed by atoms with Crippen molar-refractivity contribution in [1.82, 2.24) is 20.6 Å². The summed E-state index contributed by atoms with van der Waals surface area (Å²) in [7, 11) is 0. The molecule has 0 saturated heterocycles. The van der Waals surface area contributed by atoms with Gasteiger partial charge < -0.3 is 15.5 Å². The zero-order valence-electron chi connectivity index (χ0n) is 19.7. The number of benzene rings is 1. The van der Waals surface area contributed by atoms with Gasteiger partial charge in [-0.05, 0) is 63.9 Å². The van der Waals surface area contributed by atoms with Gasteiger partial charge in [-0.15, -0.1) is 0 Å². The number of hydrogen-bond acceptors (Lipinski definition) is 6. The van der Waals surface area contributed by atoms with E-state index in [1.54, 1.807) is 19.1 Å². The maximum absolute atomic E-state index is 13.8. The van der Waals surface area contributed by atoms with Crippen LogP contribution in [-0.4, -0.2) is 47.8 Å². The first kappa shape index (κ1) is 24.7. The summed E-state index contributed by atoms with van der Waals surface area (Å²) < 4.78 is 27.5. The van der Waals surface area contributed by atoms with Gasteiger partial charge in [0.1, 0.15) is 17.7 Å². The standard InChI is InChI=1S/C24H32F2N6O/c1-5-27-11-6-7-12-28-23(33)17(3)31-21-16(2)29-15-30-22(21)32-13-10-18-14-19(24(4,25)26)8-9-20(18)32/h8-9,14-15,27H,5-7,10-13H2,1-4H3,(H,28,33)/b31-17+. The highest BCUT2D eigenvalue weighted by Crippen LogP contribution is 2.41. The molecule has 0 atom stereocenters. The summed E-state index contributed by atoms with van der Waals surface area (Å²) in [5, 5.41) is 6.16. The second-order valence-corrected chi connectivity index (χ2v) is 8.28. The lowest BCUT2D eigenvalue weighted by molar-refractivity contribution is -0.114. The highest BCUT2D eigenvalue weighted by Gasteiger charge is 2.29. The molecule has 1 aliphatic heterocycles. The Bertz CT molecular complexity index is 1020. The number of alkyl halides is 2. The lowest BCUT2D eigenvalue weighted by atomic mass is 10.0. The van der Waals surface area contributed by atoms with Gasteiger partial charge >= 0.3 is 0 Å². The first-order chi connectivity index (χ1) is 15.7. The number of halogens is 2. The Morgan fingerprint density at radius 3 is 2.73 bits per heavy atom. The van der Waals surface area contributed by atoms with Gasteiger partial charge in [0.25, 0.3) is 11.8 Å². The van der Waals surface area contributed by atoms with Crippen molar-refractivity contribution in [2.24, 2.45) is 4.99 Å². The van der Waals surface area contributed by atoms with Crippen LogP contribution in [0.1, 0.15) is 50.4 Å². The molecule has 1 aliphatic rings. The molecule has 0 radical (unpaired) electrons. The van der Waals surface area contributed by atoms with Gasteiger partial charge in [0.05, 0.1) is 5.69 Å². The van der Waals surface area contributed by atoms with E-state index in [0.29, 0.717) is 42.4 Å². The molecule has 0 saturated carbocycles. The number of fused-ring (bicyclic) bond motifs is 1. The number of rotatable bonds is 10. The number of anilines is 2. The number of nitrogens with one attached hydrogen (secondary N) is 2. The predicted molar refractivity (Wildman–Crippen MR) is 127 cm³/mol. The number of carbonyl (C=O) groups is 1. The van der Waals surface area contributed by atoms with Crippen molar-refractivity contribution in [2.75, 3.05) is 31.1 Å². The lowest BCUT2D eigenvalue weighted by Crippen LogP contribution is -2.30. The van der Waals surface area contributed by atoms with E-state index in [2.05, 4.69) is 32.5 Å². The summed E-state index contributed by atoms with van der Waals surface area (Å²) in [5.74, 6) is -2.56. The average Bonchev–Trinajstić information content (AvgIpc) is 3.20. The molecule has 7 nitrogen and oxygen atoms in total. The number of aryl methyl sites for hydroxylation is 1. The van der Waals surface area contributed by atoms with Crippen molar-refractivity contribution in [1.29, 1.82) is 0 Å². The monoisotopic (exact) mass is 458 g/mol.